The van der Waals surface area contributed by atoms with Gasteiger partial charge in [-0.3, -0.25) is 14.4 Å². The van der Waals surface area contributed by atoms with Gasteiger partial charge in [0, 0.05) is 14.2 Å². The summed E-state index contributed by atoms with van der Waals surface area (Å²) in [6.45, 7) is -0.717. The van der Waals surface area contributed by atoms with Gasteiger partial charge in [0.05, 0.1) is 17.5 Å². The van der Waals surface area contributed by atoms with Gasteiger partial charge in [0.15, 0.2) is 6.10 Å². The smallest absolute Gasteiger partial charge is 0.332 e. The van der Waals surface area contributed by atoms with Crippen molar-refractivity contribution in [2.24, 2.45) is 11.8 Å². The molecule has 3 aliphatic heterocycles. The predicted molar refractivity (Wildman–Crippen MR) is 100 cm³/mol. The topological polar surface area (TPSA) is 120 Å². The molecule has 3 saturated heterocycles. The number of para-hydroxylation sites is 1. The van der Waals surface area contributed by atoms with E-state index < -0.39 is 48.8 Å². The van der Waals surface area contributed by atoms with Crippen LogP contribution in [0.3, 0.4) is 0 Å². The Bertz CT molecular complexity index is 860. The molecule has 4 unspecified atom stereocenters. The minimum atomic E-state index is -0.857. The molecule has 1 aromatic rings. The Labute approximate surface area is 172 Å². The molecule has 1 N–H and O–H groups in total. The van der Waals surface area contributed by atoms with Crippen LogP contribution >= 0.6 is 0 Å². The Hall–Kier alpha value is -2.82. The highest BCUT2D eigenvalue weighted by molar-refractivity contribution is 6.22. The average Bonchev–Trinajstić information content (AvgIpc) is 3.37. The molecular weight excluding hydrogens is 396 g/mol. The van der Waals surface area contributed by atoms with E-state index in [1.165, 1.54) is 19.1 Å². The summed E-state index contributed by atoms with van der Waals surface area (Å²) in [5.41, 5.74) is 0.492. The Morgan fingerprint density at radius 2 is 1.67 bits per heavy atom. The standard InChI is InChI=1S/C20H22N2O8/c1-21-11(23)8-28-9-12(24)29-18-16-14-13(15(30-16)17(18)27-2)19(25)22(20(14)26)10-6-4-3-5-7-10/h3-7,13-18H,8-9H2,1-2H3,(H,21,23)/t13?,14?,15-,16?,17+,18?/m0/s1. The summed E-state index contributed by atoms with van der Waals surface area (Å²) in [6.07, 6.45) is -3.03. The van der Waals surface area contributed by atoms with Gasteiger partial charge in [-0.2, -0.15) is 0 Å². The molecular formula is C20H22N2O8. The summed E-state index contributed by atoms with van der Waals surface area (Å²) in [4.78, 5) is 50.6. The zero-order valence-electron chi connectivity index (χ0n) is 16.5. The molecule has 2 bridgehead atoms. The number of nitrogens with zero attached hydrogens (tertiary/aromatic N) is 1. The van der Waals surface area contributed by atoms with E-state index in [0.29, 0.717) is 5.69 Å². The predicted octanol–water partition coefficient (Wildman–Crippen LogP) is -0.737. The number of hydrogen-bond acceptors (Lipinski definition) is 8. The van der Waals surface area contributed by atoms with Gasteiger partial charge in [0.25, 0.3) is 0 Å². The van der Waals surface area contributed by atoms with Crippen molar-refractivity contribution >= 4 is 29.4 Å². The molecule has 3 heterocycles. The van der Waals surface area contributed by atoms with Crippen LogP contribution in [0.1, 0.15) is 0 Å². The quantitative estimate of drug-likeness (QED) is 0.454. The lowest BCUT2D eigenvalue weighted by Gasteiger charge is -2.31. The molecule has 0 radical (unpaired) electrons. The number of benzene rings is 1. The largest absolute Gasteiger partial charge is 0.455 e. The number of hydrogen-bond donors (Lipinski definition) is 1. The van der Waals surface area contributed by atoms with Crippen LogP contribution in [0.15, 0.2) is 30.3 Å². The van der Waals surface area contributed by atoms with Crippen molar-refractivity contribution in [3.05, 3.63) is 30.3 Å². The van der Waals surface area contributed by atoms with Crippen molar-refractivity contribution in [1.82, 2.24) is 5.32 Å². The maximum atomic E-state index is 13.1. The van der Waals surface area contributed by atoms with Gasteiger partial charge in [-0.1, -0.05) is 18.2 Å². The number of amides is 3. The number of carbonyl (C=O) groups excluding carboxylic acids is 4. The highest BCUT2D eigenvalue weighted by Gasteiger charge is 2.70. The molecule has 160 valence electrons. The SMILES string of the molecule is CNC(=O)COCC(=O)OC1C2O[C@@H](C3C(=O)N(c4ccccc4)C(=O)C23)[C@H]1OC. The average molecular weight is 418 g/mol. The van der Waals surface area contributed by atoms with Gasteiger partial charge < -0.3 is 24.3 Å². The molecule has 6 atom stereocenters. The van der Waals surface area contributed by atoms with Crippen molar-refractivity contribution in [3.8, 4) is 0 Å². The van der Waals surface area contributed by atoms with Crippen molar-refractivity contribution in [2.75, 3.05) is 32.3 Å². The number of carbonyl (C=O) groups is 4. The molecule has 1 aromatic carbocycles. The van der Waals surface area contributed by atoms with Crippen LogP contribution in [0.25, 0.3) is 0 Å². The molecule has 3 amide bonds. The number of esters is 1. The minimum absolute atomic E-state index is 0.281. The van der Waals surface area contributed by atoms with E-state index >= 15 is 0 Å². The number of nitrogens with one attached hydrogen (secondary N) is 1. The van der Waals surface area contributed by atoms with E-state index in [0.717, 1.165) is 0 Å². The molecule has 0 spiro atoms. The highest BCUT2D eigenvalue weighted by Crippen LogP contribution is 2.51. The molecule has 0 saturated carbocycles. The number of likely N-dealkylation sites (N-methyl/N-ethyl adjacent to an activating group) is 1. The number of imide groups is 1. The number of methoxy groups -OCH3 is 1. The zero-order chi connectivity index (χ0) is 21.4. The van der Waals surface area contributed by atoms with Crippen LogP contribution < -0.4 is 10.2 Å². The van der Waals surface area contributed by atoms with E-state index in [-0.39, 0.29) is 24.3 Å². The number of anilines is 1. The molecule has 3 aliphatic rings. The third-order valence-electron chi connectivity index (χ3n) is 5.68. The van der Waals surface area contributed by atoms with Crippen molar-refractivity contribution in [1.29, 1.82) is 0 Å². The number of rotatable bonds is 7. The van der Waals surface area contributed by atoms with Crippen LogP contribution in [0.2, 0.25) is 0 Å². The third kappa shape index (κ3) is 3.26. The number of fused-ring (bicyclic) bond motifs is 5. The lowest BCUT2D eigenvalue weighted by Crippen LogP contribution is -2.50. The first kappa shape index (κ1) is 20.5. The van der Waals surface area contributed by atoms with Gasteiger partial charge in [0.1, 0.15) is 31.5 Å². The van der Waals surface area contributed by atoms with Crippen LogP contribution in [0.5, 0.6) is 0 Å². The Morgan fingerprint density at radius 3 is 2.27 bits per heavy atom. The van der Waals surface area contributed by atoms with E-state index in [1.807, 2.05) is 0 Å². The Morgan fingerprint density at radius 1 is 1.03 bits per heavy atom. The molecule has 10 heteroatoms. The normalized spacial score (nSPS) is 31.7. The molecule has 4 rings (SSSR count). The second-order valence-corrected chi connectivity index (χ2v) is 7.29. The van der Waals surface area contributed by atoms with Crippen molar-refractivity contribution in [2.45, 2.75) is 24.4 Å². The molecule has 3 fully saturated rings. The molecule has 10 nitrogen and oxygen atoms in total. The molecule has 0 aliphatic carbocycles. The van der Waals surface area contributed by atoms with Crippen LogP contribution in [0.4, 0.5) is 5.69 Å². The third-order valence-corrected chi connectivity index (χ3v) is 5.68. The fraction of sp³-hybridized carbons (Fsp3) is 0.500. The van der Waals surface area contributed by atoms with E-state index in [4.69, 9.17) is 18.9 Å². The second kappa shape index (κ2) is 8.13. The van der Waals surface area contributed by atoms with Gasteiger partial charge in [0.2, 0.25) is 17.7 Å². The van der Waals surface area contributed by atoms with E-state index in [1.54, 1.807) is 30.3 Å². The van der Waals surface area contributed by atoms with Crippen LogP contribution in [-0.4, -0.2) is 75.5 Å². The van der Waals surface area contributed by atoms with E-state index in [2.05, 4.69) is 5.32 Å². The maximum absolute atomic E-state index is 13.1. The fourth-order valence-electron chi connectivity index (χ4n) is 4.41. The van der Waals surface area contributed by atoms with Crippen molar-refractivity contribution in [3.63, 3.8) is 0 Å². The summed E-state index contributed by atoms with van der Waals surface area (Å²) in [5, 5.41) is 2.37. The minimum Gasteiger partial charge on any atom is -0.455 e. The lowest BCUT2D eigenvalue weighted by atomic mass is 9.78. The Kier molecular flexibility index (Phi) is 5.54. The van der Waals surface area contributed by atoms with Gasteiger partial charge >= 0.3 is 5.97 Å². The van der Waals surface area contributed by atoms with Gasteiger partial charge in [-0.25, -0.2) is 9.69 Å². The van der Waals surface area contributed by atoms with Gasteiger partial charge in [-0.15, -0.1) is 0 Å². The lowest BCUT2D eigenvalue weighted by molar-refractivity contribution is -0.166. The summed E-state index contributed by atoms with van der Waals surface area (Å²) in [5.74, 6) is -3.25. The maximum Gasteiger partial charge on any atom is 0.332 e. The summed E-state index contributed by atoms with van der Waals surface area (Å²) >= 11 is 0. The molecule has 30 heavy (non-hydrogen) atoms. The second-order valence-electron chi connectivity index (χ2n) is 7.29. The first-order valence-electron chi connectivity index (χ1n) is 9.56. The van der Waals surface area contributed by atoms with Crippen LogP contribution in [0, 0.1) is 11.8 Å². The van der Waals surface area contributed by atoms with Gasteiger partial charge in [-0.05, 0) is 12.1 Å². The first-order valence-corrected chi connectivity index (χ1v) is 9.56. The first-order chi connectivity index (χ1) is 14.5. The summed E-state index contributed by atoms with van der Waals surface area (Å²) in [7, 11) is 2.89. The summed E-state index contributed by atoms with van der Waals surface area (Å²) in [6, 6.07) is 8.67. The number of ether oxygens (including phenoxy) is 4. The zero-order valence-corrected chi connectivity index (χ0v) is 16.5. The van der Waals surface area contributed by atoms with Crippen LogP contribution in [-0.2, 0) is 38.1 Å². The monoisotopic (exact) mass is 418 g/mol. The fourth-order valence-corrected chi connectivity index (χ4v) is 4.41. The van der Waals surface area contributed by atoms with E-state index in [9.17, 15) is 19.2 Å². The summed E-state index contributed by atoms with van der Waals surface area (Å²) < 4.78 is 21.8. The van der Waals surface area contributed by atoms with Crippen molar-refractivity contribution < 1.29 is 38.1 Å². The molecule has 0 aromatic heterocycles. The highest BCUT2D eigenvalue weighted by atomic mass is 16.6. The Balaban J connectivity index is 1.48.